The number of carbonyl (C=O) groups is 1. The van der Waals surface area contributed by atoms with Gasteiger partial charge in [-0.3, -0.25) is 4.79 Å². The summed E-state index contributed by atoms with van der Waals surface area (Å²) in [6.45, 7) is 36.2. The van der Waals surface area contributed by atoms with Gasteiger partial charge in [0.2, 0.25) is 5.91 Å². The monoisotopic (exact) mass is 795 g/mol. The summed E-state index contributed by atoms with van der Waals surface area (Å²) in [6, 6.07) is 6.90. The van der Waals surface area contributed by atoms with Gasteiger partial charge in [-0.25, -0.2) is 0 Å². The average molecular weight is 797 g/mol. The molecule has 1 saturated carbocycles. The smallest absolute Gasteiger partial charge is 0.217 e. The zero-order valence-corrected chi connectivity index (χ0v) is 39.5. The first-order valence-corrected chi connectivity index (χ1v) is 28.7. The third-order valence-corrected chi connectivity index (χ3v) is 27.2. The number of nitrogens with one attached hydrogen (secondary N) is 1. The van der Waals surface area contributed by atoms with E-state index in [0.29, 0.717) is 5.92 Å². The Hall–Kier alpha value is -0.439. The van der Waals surface area contributed by atoms with Gasteiger partial charge >= 0.3 is 0 Å². The van der Waals surface area contributed by atoms with Crippen LogP contribution in [-0.4, -0.2) is 48.9 Å². The molecule has 0 saturated heterocycles. The van der Waals surface area contributed by atoms with Crippen LogP contribution in [0.15, 0.2) is 22.7 Å². The van der Waals surface area contributed by atoms with E-state index in [0.717, 1.165) is 22.6 Å². The lowest BCUT2D eigenvalue weighted by atomic mass is 9.68. The van der Waals surface area contributed by atoms with Gasteiger partial charge in [0.15, 0.2) is 16.6 Å². The van der Waals surface area contributed by atoms with Crippen molar-refractivity contribution < 1.29 is 13.6 Å². The molecule has 49 heavy (non-hydrogen) atoms. The number of halogens is 1. The van der Waals surface area contributed by atoms with Crippen LogP contribution in [-0.2, 0) is 13.6 Å². The van der Waals surface area contributed by atoms with E-state index in [4.69, 9.17) is 8.85 Å². The Labute approximate surface area is 316 Å². The van der Waals surface area contributed by atoms with Crippen molar-refractivity contribution >= 4 is 46.5 Å². The third-order valence-electron chi connectivity index (χ3n) is 12.9. The highest BCUT2D eigenvalue weighted by Gasteiger charge is 2.45. The summed E-state index contributed by atoms with van der Waals surface area (Å²) in [5.41, 5.74) is 3.97. The topological polar surface area (TPSA) is 47.6 Å². The molecule has 4 nitrogen and oxygen atoms in total. The van der Waals surface area contributed by atoms with Crippen molar-refractivity contribution in [1.29, 1.82) is 0 Å². The number of hydrogen-bond donors (Lipinski definition) is 1. The fourth-order valence-electron chi connectivity index (χ4n) is 7.43. The molecule has 0 radical (unpaired) electrons. The largest absolute Gasteiger partial charge is 0.413 e. The van der Waals surface area contributed by atoms with Crippen molar-refractivity contribution in [2.24, 2.45) is 23.2 Å². The van der Waals surface area contributed by atoms with E-state index in [1.54, 1.807) is 6.92 Å². The minimum absolute atomic E-state index is 0.0195. The minimum Gasteiger partial charge on any atom is -0.413 e. The second-order valence-electron chi connectivity index (χ2n) is 17.1. The van der Waals surface area contributed by atoms with Gasteiger partial charge in [-0.1, -0.05) is 123 Å². The number of hydrogen-bond acceptors (Lipinski definition) is 3. The molecule has 0 aliphatic heterocycles. The Morgan fingerprint density at radius 1 is 0.939 bits per heavy atom. The normalized spacial score (nSPS) is 23.0. The summed E-state index contributed by atoms with van der Waals surface area (Å²) in [5.74, 6) is 4.57. The molecule has 0 unspecified atom stereocenters. The number of amides is 1. The van der Waals surface area contributed by atoms with Crippen molar-refractivity contribution in [3.8, 4) is 11.5 Å². The van der Waals surface area contributed by atoms with E-state index < -0.39 is 24.7 Å². The van der Waals surface area contributed by atoms with E-state index in [2.05, 4.69) is 154 Å². The van der Waals surface area contributed by atoms with E-state index >= 15 is 0 Å². The standard InChI is InChI=1S/C41H78BrNO3Si3/c1-17-48(18-2,19-3)30-29-41(14)28-24-23-25-36(41)31-37(42)27-26-32(7)38(46-49(20-4,21-5)22-6)33(8)39(34(9)43-35(10)44)45-47(15,16)40(11,12)13/h26-27,31-34,36,38-39H,17-25,28H2,1-16H3,(H,43,44)/b27-26+,37-31-/t32-,33+,34-,36-,38-,39+,41+/m1/s1. The number of rotatable bonds is 18. The first-order chi connectivity index (χ1) is 22.6. The molecule has 1 aliphatic carbocycles. The van der Waals surface area contributed by atoms with Gasteiger partial charge in [-0.15, -0.1) is 11.5 Å². The highest BCUT2D eigenvalue weighted by molar-refractivity contribution is 9.11. The maximum Gasteiger partial charge on any atom is 0.217 e. The molecule has 8 heteroatoms. The van der Waals surface area contributed by atoms with Gasteiger partial charge in [0.1, 0.15) is 8.07 Å². The number of carbonyl (C=O) groups excluding carboxylic acids is 1. The van der Waals surface area contributed by atoms with Crippen LogP contribution in [0.3, 0.4) is 0 Å². The molecule has 0 bridgehead atoms. The van der Waals surface area contributed by atoms with E-state index in [9.17, 15) is 4.79 Å². The molecule has 0 aromatic heterocycles. The molecule has 284 valence electrons. The van der Waals surface area contributed by atoms with Gasteiger partial charge in [-0.05, 0) is 92.9 Å². The zero-order chi connectivity index (χ0) is 37.8. The molecule has 1 fully saturated rings. The average Bonchev–Trinajstić information content (AvgIpc) is 3.04. The Kier molecular flexibility index (Phi) is 19.1. The van der Waals surface area contributed by atoms with Crippen LogP contribution in [0.2, 0.25) is 54.4 Å². The molecule has 7 atom stereocenters. The summed E-state index contributed by atoms with van der Waals surface area (Å²) in [7, 11) is -5.61. The van der Waals surface area contributed by atoms with Crippen LogP contribution >= 0.6 is 15.9 Å². The SMILES string of the molecule is CC[Si](C#C[C@]1(C)CCCC[C@@H]1/C=C(Br)/C=C/[C@@H](C)[C@@H](O[Si](CC)(CC)CC)[C@H](C)[C@H](O[Si](C)(C)C(C)(C)C)[C@@H](C)NC(C)=O)(CC)CC. The lowest BCUT2D eigenvalue weighted by Gasteiger charge is -2.46. The maximum atomic E-state index is 12.3. The minimum atomic E-state index is -2.15. The first-order valence-electron chi connectivity index (χ1n) is 19.9. The number of allylic oxidation sites excluding steroid dienone is 3. The fourth-order valence-corrected chi connectivity index (χ4v) is 14.9. The van der Waals surface area contributed by atoms with Crippen molar-refractivity contribution in [2.75, 3.05) is 0 Å². The lowest BCUT2D eigenvalue weighted by Crippen LogP contribution is -2.56. The van der Waals surface area contributed by atoms with Gasteiger partial charge < -0.3 is 14.2 Å². The van der Waals surface area contributed by atoms with Crippen LogP contribution in [0.25, 0.3) is 0 Å². The molecule has 1 aliphatic rings. The van der Waals surface area contributed by atoms with Gasteiger partial charge in [0.05, 0.1) is 18.2 Å². The Morgan fingerprint density at radius 3 is 1.96 bits per heavy atom. The maximum absolute atomic E-state index is 12.3. The van der Waals surface area contributed by atoms with Gasteiger partial charge in [0, 0.05) is 22.7 Å². The molecule has 0 aromatic rings. The third kappa shape index (κ3) is 13.2. The van der Waals surface area contributed by atoms with Crippen LogP contribution in [0.5, 0.6) is 0 Å². The van der Waals surface area contributed by atoms with Gasteiger partial charge in [-0.2, -0.15) is 0 Å². The highest BCUT2D eigenvalue weighted by atomic mass is 79.9. The van der Waals surface area contributed by atoms with Crippen LogP contribution < -0.4 is 5.32 Å². The molecular formula is C41H78BrNO3Si3. The second kappa shape index (κ2) is 20.1. The van der Waals surface area contributed by atoms with Gasteiger partial charge in [0.25, 0.3) is 0 Å². The molecule has 0 aromatic carbocycles. The highest BCUT2D eigenvalue weighted by Crippen LogP contribution is 2.43. The summed E-state index contributed by atoms with van der Waals surface area (Å²) < 4.78 is 15.8. The summed E-state index contributed by atoms with van der Waals surface area (Å²) >= 11 is 3.99. The molecule has 1 amide bonds. The van der Waals surface area contributed by atoms with Crippen molar-refractivity contribution in [3.63, 3.8) is 0 Å². The Balaban J connectivity index is 3.60. The molecular weight excluding hydrogens is 719 g/mol. The molecule has 1 rings (SSSR count). The van der Waals surface area contributed by atoms with Crippen LogP contribution in [0.4, 0.5) is 0 Å². The first kappa shape index (κ1) is 46.6. The summed E-state index contributed by atoms with van der Waals surface area (Å²) in [5, 5.41) is 3.26. The molecule has 1 N–H and O–H groups in total. The lowest BCUT2D eigenvalue weighted by molar-refractivity contribution is -0.120. The molecule has 0 heterocycles. The van der Waals surface area contributed by atoms with Crippen LogP contribution in [0.1, 0.15) is 123 Å². The summed E-state index contributed by atoms with van der Waals surface area (Å²) in [6.07, 6.45) is 11.8. The van der Waals surface area contributed by atoms with Crippen molar-refractivity contribution in [1.82, 2.24) is 5.32 Å². The Bertz CT molecular complexity index is 1130. The van der Waals surface area contributed by atoms with Crippen molar-refractivity contribution in [3.05, 3.63) is 22.7 Å². The molecule has 0 spiro atoms. The van der Waals surface area contributed by atoms with E-state index in [1.807, 2.05) is 0 Å². The predicted octanol–water partition coefficient (Wildman–Crippen LogP) is 12.6. The summed E-state index contributed by atoms with van der Waals surface area (Å²) in [4.78, 5) is 12.3. The van der Waals surface area contributed by atoms with E-state index in [1.165, 1.54) is 43.8 Å². The second-order valence-corrected chi connectivity index (χ2v) is 32.5. The predicted molar refractivity (Wildman–Crippen MR) is 227 cm³/mol. The Morgan fingerprint density at radius 2 is 1.49 bits per heavy atom. The fraction of sp³-hybridized carbons (Fsp3) is 0.829. The van der Waals surface area contributed by atoms with Crippen LogP contribution in [0, 0.1) is 34.6 Å². The quantitative estimate of drug-likeness (QED) is 0.0854. The van der Waals surface area contributed by atoms with Crippen molar-refractivity contribution in [2.45, 2.75) is 195 Å². The van der Waals surface area contributed by atoms with E-state index in [-0.39, 0.29) is 46.4 Å². The zero-order valence-electron chi connectivity index (χ0n) is 34.9.